The van der Waals surface area contributed by atoms with Gasteiger partial charge in [-0.05, 0) is 53.9 Å². The van der Waals surface area contributed by atoms with E-state index in [-0.39, 0.29) is 23.1 Å². The highest BCUT2D eigenvalue weighted by Gasteiger charge is 2.32. The van der Waals surface area contributed by atoms with Crippen LogP contribution in [0, 0.1) is 0 Å². The Balaban J connectivity index is 1.16. The Labute approximate surface area is 249 Å². The van der Waals surface area contributed by atoms with Crippen LogP contribution >= 0.6 is 23.1 Å². The van der Waals surface area contributed by atoms with Gasteiger partial charge in [-0.25, -0.2) is 14.8 Å². The molecule has 1 aliphatic heterocycles. The molecule has 0 saturated carbocycles. The summed E-state index contributed by atoms with van der Waals surface area (Å²) in [6, 6.07) is 28.7. The molecule has 0 aliphatic carbocycles. The van der Waals surface area contributed by atoms with Gasteiger partial charge in [-0.15, -0.1) is 11.3 Å². The molecule has 2 N–H and O–H groups in total. The first-order chi connectivity index (χ1) is 20.5. The van der Waals surface area contributed by atoms with Crippen molar-refractivity contribution >= 4 is 74.4 Å². The second-order valence-corrected chi connectivity index (χ2v) is 11.1. The van der Waals surface area contributed by atoms with E-state index in [1.807, 2.05) is 53.9 Å². The van der Waals surface area contributed by atoms with Gasteiger partial charge in [-0.3, -0.25) is 14.5 Å². The van der Waals surface area contributed by atoms with Gasteiger partial charge in [-0.1, -0.05) is 66.4 Å². The van der Waals surface area contributed by atoms with E-state index in [1.54, 1.807) is 54.6 Å². The third kappa shape index (κ3) is 5.71. The van der Waals surface area contributed by atoms with Crippen molar-refractivity contribution in [1.82, 2.24) is 4.98 Å². The molecular weight excluding hydrogens is 569 g/mol. The number of thiophene rings is 1. The van der Waals surface area contributed by atoms with E-state index in [0.29, 0.717) is 38.8 Å². The highest BCUT2D eigenvalue weighted by Crippen LogP contribution is 2.30. The van der Waals surface area contributed by atoms with E-state index >= 15 is 0 Å². The summed E-state index contributed by atoms with van der Waals surface area (Å²) in [6.07, 6.45) is 1.75. The molecule has 0 unspecified atom stereocenters. The van der Waals surface area contributed by atoms with Gasteiger partial charge in [0.15, 0.2) is 5.17 Å². The van der Waals surface area contributed by atoms with E-state index in [2.05, 4.69) is 15.3 Å². The van der Waals surface area contributed by atoms with Crippen LogP contribution in [0.4, 0.5) is 11.4 Å². The van der Waals surface area contributed by atoms with Gasteiger partial charge in [-0.2, -0.15) is 0 Å². The highest BCUT2D eigenvalue weighted by molar-refractivity contribution is 8.14. The van der Waals surface area contributed by atoms with Crippen LogP contribution in [0.15, 0.2) is 113 Å². The van der Waals surface area contributed by atoms with Crippen molar-refractivity contribution in [3.63, 3.8) is 0 Å². The van der Waals surface area contributed by atoms with Gasteiger partial charge in [0.25, 0.3) is 5.91 Å². The fourth-order valence-electron chi connectivity index (χ4n) is 4.46. The summed E-state index contributed by atoms with van der Waals surface area (Å²) >= 11 is 2.69. The van der Waals surface area contributed by atoms with Gasteiger partial charge < -0.3 is 10.4 Å². The number of carbonyl (C=O) groups is 3. The Morgan fingerprint density at radius 3 is 2.45 bits per heavy atom. The minimum Gasteiger partial charge on any atom is -0.478 e. The van der Waals surface area contributed by atoms with Gasteiger partial charge in [0, 0.05) is 21.5 Å². The van der Waals surface area contributed by atoms with Crippen LogP contribution in [-0.4, -0.2) is 38.8 Å². The topological polar surface area (TPSA) is 112 Å². The summed E-state index contributed by atoms with van der Waals surface area (Å²) in [5.74, 6) is -1.49. The number of aromatic nitrogens is 1. The smallest absolute Gasteiger partial charge is 0.336 e. The predicted molar refractivity (Wildman–Crippen MR) is 169 cm³/mol. The van der Waals surface area contributed by atoms with E-state index in [1.165, 1.54) is 28.0 Å². The number of aromatic carboxylic acids is 1. The summed E-state index contributed by atoms with van der Waals surface area (Å²) in [6.45, 7) is 0. The third-order valence-electron chi connectivity index (χ3n) is 6.41. The SMILES string of the molecule is O=C(CSC1=N/C(=C\c2cccs2)C(=O)N1c1ccccc1)Nc1ccc(-c2cc(C(=O)O)c3ccccc3n2)cc1. The van der Waals surface area contributed by atoms with Crippen LogP contribution in [0.2, 0.25) is 0 Å². The first-order valence-corrected chi connectivity index (χ1v) is 14.7. The Morgan fingerprint density at radius 1 is 0.952 bits per heavy atom. The molecule has 206 valence electrons. The second kappa shape index (κ2) is 11.8. The maximum atomic E-state index is 13.3. The van der Waals surface area contributed by atoms with E-state index in [0.717, 1.165) is 10.4 Å². The number of para-hydroxylation sites is 2. The number of amidine groups is 1. The predicted octanol–water partition coefficient (Wildman–Crippen LogP) is 6.78. The van der Waals surface area contributed by atoms with Gasteiger partial charge in [0.05, 0.1) is 28.2 Å². The lowest BCUT2D eigenvalue weighted by molar-refractivity contribution is -0.114. The molecule has 5 aromatic rings. The molecule has 42 heavy (non-hydrogen) atoms. The number of rotatable bonds is 7. The molecular formula is C32H22N4O4S2. The lowest BCUT2D eigenvalue weighted by Gasteiger charge is -2.17. The fraction of sp³-hybridized carbons (Fsp3) is 0.0312. The summed E-state index contributed by atoms with van der Waals surface area (Å²) in [4.78, 5) is 49.6. The third-order valence-corrected chi connectivity index (χ3v) is 8.17. The van der Waals surface area contributed by atoms with Crippen molar-refractivity contribution in [2.24, 2.45) is 4.99 Å². The number of benzene rings is 3. The first-order valence-electron chi connectivity index (χ1n) is 12.9. The molecule has 10 heteroatoms. The van der Waals surface area contributed by atoms with Gasteiger partial charge in [0.1, 0.15) is 5.70 Å². The lowest BCUT2D eigenvalue weighted by atomic mass is 10.0. The Bertz CT molecular complexity index is 1870. The number of hydrogen-bond acceptors (Lipinski definition) is 7. The second-order valence-electron chi connectivity index (χ2n) is 9.21. The fourth-order valence-corrected chi connectivity index (χ4v) is 5.92. The summed E-state index contributed by atoms with van der Waals surface area (Å²) in [5.41, 5.74) is 3.57. The molecule has 6 rings (SSSR count). The summed E-state index contributed by atoms with van der Waals surface area (Å²) in [5, 5.41) is 15.5. The first kappa shape index (κ1) is 27.1. The van der Waals surface area contributed by atoms with Crippen LogP contribution in [0.5, 0.6) is 0 Å². The average Bonchev–Trinajstić information content (AvgIpc) is 3.64. The van der Waals surface area contributed by atoms with Crippen LogP contribution in [0.3, 0.4) is 0 Å². The number of thioether (sulfide) groups is 1. The van der Waals surface area contributed by atoms with Crippen molar-refractivity contribution in [2.45, 2.75) is 0 Å². The number of anilines is 2. The van der Waals surface area contributed by atoms with Crippen LogP contribution < -0.4 is 10.2 Å². The largest absolute Gasteiger partial charge is 0.478 e. The Morgan fingerprint density at radius 2 is 1.71 bits per heavy atom. The number of carboxylic acid groups (broad SMARTS) is 1. The molecule has 2 amide bonds. The number of amides is 2. The number of nitrogens with zero attached hydrogens (tertiary/aromatic N) is 3. The molecule has 8 nitrogen and oxygen atoms in total. The molecule has 0 saturated heterocycles. The zero-order valence-electron chi connectivity index (χ0n) is 21.9. The van der Waals surface area contributed by atoms with Crippen LogP contribution in [-0.2, 0) is 9.59 Å². The number of nitrogens with one attached hydrogen (secondary N) is 1. The van der Waals surface area contributed by atoms with Crippen molar-refractivity contribution in [2.75, 3.05) is 16.0 Å². The van der Waals surface area contributed by atoms with Crippen molar-refractivity contribution in [3.8, 4) is 11.3 Å². The quantitative estimate of drug-likeness (QED) is 0.202. The van der Waals surface area contributed by atoms with E-state index < -0.39 is 5.97 Å². The van der Waals surface area contributed by atoms with E-state index in [9.17, 15) is 19.5 Å². The van der Waals surface area contributed by atoms with Crippen molar-refractivity contribution in [3.05, 3.63) is 119 Å². The van der Waals surface area contributed by atoms with Crippen LogP contribution in [0.1, 0.15) is 15.2 Å². The lowest BCUT2D eigenvalue weighted by Crippen LogP contribution is -2.31. The summed E-state index contributed by atoms with van der Waals surface area (Å²) in [7, 11) is 0. The molecule has 0 fully saturated rings. The minimum absolute atomic E-state index is 0.0394. The van der Waals surface area contributed by atoms with E-state index in [4.69, 9.17) is 0 Å². The molecule has 0 bridgehead atoms. The molecule has 0 radical (unpaired) electrons. The van der Waals surface area contributed by atoms with Gasteiger partial charge >= 0.3 is 5.97 Å². The monoisotopic (exact) mass is 590 g/mol. The summed E-state index contributed by atoms with van der Waals surface area (Å²) < 4.78 is 0. The maximum absolute atomic E-state index is 13.3. The molecule has 1 aliphatic rings. The molecule has 3 aromatic carbocycles. The molecule has 2 aromatic heterocycles. The maximum Gasteiger partial charge on any atom is 0.336 e. The Kier molecular flexibility index (Phi) is 7.63. The van der Waals surface area contributed by atoms with Crippen molar-refractivity contribution < 1.29 is 19.5 Å². The number of fused-ring (bicyclic) bond motifs is 1. The highest BCUT2D eigenvalue weighted by atomic mass is 32.2. The standard InChI is InChI=1S/C32H22N4O4S2/c37-29(19-42-32-35-28(17-23-9-6-16-41-23)30(38)36(32)22-7-2-1-3-8-22)33-21-14-12-20(13-15-21)27-18-25(31(39)40)24-10-4-5-11-26(24)34-27/h1-18H,19H2,(H,33,37)(H,39,40)/b28-17-. The number of hydrogen-bond donors (Lipinski definition) is 2. The zero-order valence-corrected chi connectivity index (χ0v) is 23.6. The van der Waals surface area contributed by atoms with Crippen LogP contribution in [0.25, 0.3) is 28.2 Å². The van der Waals surface area contributed by atoms with Gasteiger partial charge in [0.2, 0.25) is 5.91 Å². The normalized spacial score (nSPS) is 13.9. The number of carbonyl (C=O) groups excluding carboxylic acids is 2. The van der Waals surface area contributed by atoms with Crippen molar-refractivity contribution in [1.29, 1.82) is 0 Å². The number of pyridine rings is 1. The number of aliphatic imine (C=N–C) groups is 1. The minimum atomic E-state index is -1.02. The average molecular weight is 591 g/mol. The number of carboxylic acids is 1. The molecule has 0 atom stereocenters. The molecule has 0 spiro atoms. The Hall–Kier alpha value is -5.06. The zero-order chi connectivity index (χ0) is 29.1. The molecule has 3 heterocycles.